The SMILES string of the molecule is CCCCCC(=O)N/N=C(\C)c1cccc(NC(=O)c2ccc(Cl)cc2)c1. The minimum Gasteiger partial charge on any atom is -0.322 e. The van der Waals surface area contributed by atoms with Gasteiger partial charge in [0.1, 0.15) is 0 Å². The molecule has 142 valence electrons. The lowest BCUT2D eigenvalue weighted by molar-refractivity contribution is -0.121. The molecule has 0 fully saturated rings. The molecule has 0 aliphatic rings. The van der Waals surface area contributed by atoms with Crippen molar-refractivity contribution in [2.75, 3.05) is 5.32 Å². The first-order valence-electron chi connectivity index (χ1n) is 9.00. The number of hydrogen-bond acceptors (Lipinski definition) is 3. The molecule has 0 aliphatic heterocycles. The molecule has 0 saturated heterocycles. The molecular weight excluding hydrogens is 362 g/mol. The Kier molecular flexibility index (Phi) is 8.01. The third-order valence-electron chi connectivity index (χ3n) is 4.00. The number of unbranched alkanes of at least 4 members (excludes halogenated alkanes) is 2. The van der Waals surface area contributed by atoms with Crippen LogP contribution < -0.4 is 10.7 Å². The second-order valence-electron chi connectivity index (χ2n) is 6.23. The minimum atomic E-state index is -0.220. The standard InChI is InChI=1S/C21H24ClN3O2/c1-3-4-5-9-20(26)25-24-15(2)17-7-6-8-19(14-17)23-21(27)16-10-12-18(22)13-11-16/h6-8,10-14H,3-5,9H2,1-2H3,(H,23,27)(H,25,26)/b24-15+. The zero-order valence-corrected chi connectivity index (χ0v) is 16.3. The lowest BCUT2D eigenvalue weighted by Gasteiger charge is -2.08. The van der Waals surface area contributed by atoms with Crippen molar-refractivity contribution in [1.82, 2.24) is 5.43 Å². The minimum absolute atomic E-state index is 0.0880. The fraction of sp³-hybridized carbons (Fsp3) is 0.286. The van der Waals surface area contributed by atoms with Gasteiger partial charge in [0.2, 0.25) is 5.91 Å². The lowest BCUT2D eigenvalue weighted by atomic mass is 10.1. The van der Waals surface area contributed by atoms with Crippen molar-refractivity contribution in [3.8, 4) is 0 Å². The van der Waals surface area contributed by atoms with Crippen molar-refractivity contribution in [2.45, 2.75) is 39.5 Å². The van der Waals surface area contributed by atoms with Crippen LogP contribution in [0.3, 0.4) is 0 Å². The summed E-state index contributed by atoms with van der Waals surface area (Å²) in [5.74, 6) is -0.308. The molecule has 0 saturated carbocycles. The van der Waals surface area contributed by atoms with Crippen LogP contribution in [0.15, 0.2) is 53.6 Å². The van der Waals surface area contributed by atoms with Crippen LogP contribution in [-0.4, -0.2) is 17.5 Å². The number of hydrogen-bond donors (Lipinski definition) is 2. The van der Waals surface area contributed by atoms with Gasteiger partial charge in [-0.25, -0.2) is 5.43 Å². The zero-order valence-electron chi connectivity index (χ0n) is 15.6. The van der Waals surface area contributed by atoms with E-state index < -0.39 is 0 Å². The molecule has 6 heteroatoms. The van der Waals surface area contributed by atoms with Gasteiger partial charge in [-0.3, -0.25) is 9.59 Å². The Morgan fingerprint density at radius 1 is 1.04 bits per heavy atom. The molecule has 0 atom stereocenters. The van der Waals surface area contributed by atoms with Crippen molar-refractivity contribution < 1.29 is 9.59 Å². The first kappa shape index (κ1) is 20.6. The molecule has 0 unspecified atom stereocenters. The van der Waals surface area contributed by atoms with Gasteiger partial charge in [-0.1, -0.05) is 43.5 Å². The number of benzene rings is 2. The van der Waals surface area contributed by atoms with Crippen LogP contribution in [-0.2, 0) is 4.79 Å². The van der Waals surface area contributed by atoms with Crippen LogP contribution in [0, 0.1) is 0 Å². The molecule has 2 amide bonds. The average Bonchev–Trinajstić information content (AvgIpc) is 2.67. The van der Waals surface area contributed by atoms with Crippen molar-refractivity contribution in [3.63, 3.8) is 0 Å². The fourth-order valence-corrected chi connectivity index (χ4v) is 2.55. The Labute approximate surface area is 164 Å². The number of rotatable bonds is 8. The van der Waals surface area contributed by atoms with Crippen LogP contribution in [0.25, 0.3) is 0 Å². The summed E-state index contributed by atoms with van der Waals surface area (Å²) in [5.41, 5.74) is 5.24. The van der Waals surface area contributed by atoms with E-state index in [1.807, 2.05) is 25.1 Å². The number of carbonyl (C=O) groups is 2. The number of hydrazone groups is 1. The van der Waals surface area contributed by atoms with E-state index in [1.54, 1.807) is 30.3 Å². The highest BCUT2D eigenvalue weighted by Gasteiger charge is 2.07. The molecule has 2 aromatic rings. The van der Waals surface area contributed by atoms with Crippen LogP contribution in [0.5, 0.6) is 0 Å². The average molecular weight is 386 g/mol. The topological polar surface area (TPSA) is 70.6 Å². The maximum absolute atomic E-state index is 12.3. The molecule has 2 aromatic carbocycles. The number of nitrogens with one attached hydrogen (secondary N) is 2. The highest BCUT2D eigenvalue weighted by molar-refractivity contribution is 6.30. The smallest absolute Gasteiger partial charge is 0.255 e. The van der Waals surface area contributed by atoms with Gasteiger partial charge in [-0.05, 0) is 55.3 Å². The van der Waals surface area contributed by atoms with E-state index in [2.05, 4.69) is 22.8 Å². The van der Waals surface area contributed by atoms with Gasteiger partial charge >= 0.3 is 0 Å². The molecule has 2 N–H and O–H groups in total. The number of carbonyl (C=O) groups excluding carboxylic acids is 2. The van der Waals surface area contributed by atoms with Crippen LogP contribution >= 0.6 is 11.6 Å². The quantitative estimate of drug-likeness (QED) is 0.381. The van der Waals surface area contributed by atoms with Crippen molar-refractivity contribution >= 4 is 34.8 Å². The highest BCUT2D eigenvalue weighted by Crippen LogP contribution is 2.15. The molecule has 0 aromatic heterocycles. The summed E-state index contributed by atoms with van der Waals surface area (Å²) in [4.78, 5) is 24.1. The Hall–Kier alpha value is -2.66. The third kappa shape index (κ3) is 6.87. The molecule has 0 bridgehead atoms. The highest BCUT2D eigenvalue weighted by atomic mass is 35.5. The summed E-state index contributed by atoms with van der Waals surface area (Å²) in [5, 5.41) is 7.58. The molecule has 0 heterocycles. The van der Waals surface area contributed by atoms with Crippen molar-refractivity contribution in [2.24, 2.45) is 5.10 Å². The van der Waals surface area contributed by atoms with E-state index in [9.17, 15) is 9.59 Å². The largest absolute Gasteiger partial charge is 0.322 e. The second kappa shape index (κ2) is 10.5. The monoisotopic (exact) mass is 385 g/mol. The first-order valence-corrected chi connectivity index (χ1v) is 9.38. The summed E-state index contributed by atoms with van der Waals surface area (Å²) in [6.45, 7) is 3.91. The summed E-state index contributed by atoms with van der Waals surface area (Å²) in [6.07, 6.45) is 3.44. The van der Waals surface area contributed by atoms with Gasteiger partial charge in [-0.15, -0.1) is 0 Å². The first-order chi connectivity index (χ1) is 13.0. The predicted octanol–water partition coefficient (Wildman–Crippen LogP) is 5.01. The van der Waals surface area contributed by atoms with E-state index in [0.29, 0.717) is 28.4 Å². The number of nitrogens with zero attached hydrogens (tertiary/aromatic N) is 1. The van der Waals surface area contributed by atoms with Crippen LogP contribution in [0.4, 0.5) is 5.69 Å². The lowest BCUT2D eigenvalue weighted by Crippen LogP contribution is -2.19. The normalized spacial score (nSPS) is 11.1. The Bertz CT molecular complexity index is 816. The molecule has 5 nitrogen and oxygen atoms in total. The van der Waals surface area contributed by atoms with Gasteiger partial charge in [0.15, 0.2) is 0 Å². The Morgan fingerprint density at radius 3 is 2.48 bits per heavy atom. The summed E-state index contributed by atoms with van der Waals surface area (Å²) in [6, 6.07) is 14.0. The van der Waals surface area contributed by atoms with Crippen LogP contribution in [0.1, 0.15) is 55.5 Å². The summed E-state index contributed by atoms with van der Waals surface area (Å²) < 4.78 is 0. The Morgan fingerprint density at radius 2 is 1.78 bits per heavy atom. The van der Waals surface area contributed by atoms with Gasteiger partial charge in [0.05, 0.1) is 5.71 Å². The van der Waals surface area contributed by atoms with E-state index in [0.717, 1.165) is 24.8 Å². The fourth-order valence-electron chi connectivity index (χ4n) is 2.43. The maximum Gasteiger partial charge on any atom is 0.255 e. The number of halogens is 1. The van der Waals surface area contributed by atoms with Crippen LogP contribution in [0.2, 0.25) is 5.02 Å². The molecule has 0 radical (unpaired) electrons. The van der Waals surface area contributed by atoms with Gasteiger partial charge < -0.3 is 5.32 Å². The molecule has 27 heavy (non-hydrogen) atoms. The number of amides is 2. The molecule has 2 rings (SSSR count). The zero-order chi connectivity index (χ0) is 19.6. The maximum atomic E-state index is 12.3. The second-order valence-corrected chi connectivity index (χ2v) is 6.67. The third-order valence-corrected chi connectivity index (χ3v) is 4.25. The Balaban J connectivity index is 1.99. The van der Waals surface area contributed by atoms with E-state index in [1.165, 1.54) is 0 Å². The van der Waals surface area contributed by atoms with E-state index in [4.69, 9.17) is 11.6 Å². The molecule has 0 aliphatic carbocycles. The van der Waals surface area contributed by atoms with E-state index >= 15 is 0 Å². The van der Waals surface area contributed by atoms with Crippen molar-refractivity contribution in [3.05, 3.63) is 64.7 Å². The van der Waals surface area contributed by atoms with Gasteiger partial charge in [0.25, 0.3) is 5.91 Å². The van der Waals surface area contributed by atoms with Gasteiger partial charge in [-0.2, -0.15) is 5.10 Å². The molecule has 0 spiro atoms. The van der Waals surface area contributed by atoms with E-state index in [-0.39, 0.29) is 11.8 Å². The number of anilines is 1. The summed E-state index contributed by atoms with van der Waals surface area (Å²) >= 11 is 5.84. The summed E-state index contributed by atoms with van der Waals surface area (Å²) in [7, 11) is 0. The molecular formula is C21H24ClN3O2. The van der Waals surface area contributed by atoms with Gasteiger partial charge in [0, 0.05) is 22.7 Å². The predicted molar refractivity (Wildman–Crippen MR) is 110 cm³/mol. The van der Waals surface area contributed by atoms with Crippen molar-refractivity contribution in [1.29, 1.82) is 0 Å².